The monoisotopic (exact) mass is 458 g/mol. The zero-order valence-corrected chi connectivity index (χ0v) is 18.8. The van der Waals surface area contributed by atoms with Gasteiger partial charge in [0.1, 0.15) is 5.82 Å². The minimum absolute atomic E-state index is 0.134. The van der Waals surface area contributed by atoms with Crippen molar-refractivity contribution in [1.29, 1.82) is 5.26 Å². The number of aliphatic carboxylic acids is 2. The normalized spacial score (nSPS) is 21.5. The minimum atomic E-state index is -0.833. The molecule has 1 aromatic carbocycles. The number of benzene rings is 1. The van der Waals surface area contributed by atoms with Crippen LogP contribution in [0.25, 0.3) is 11.4 Å². The lowest BCUT2D eigenvalue weighted by molar-refractivity contribution is -0.135. The number of carboxylic acid groups (broad SMARTS) is 2. The summed E-state index contributed by atoms with van der Waals surface area (Å²) in [6.07, 6.45) is 5.73. The summed E-state index contributed by atoms with van der Waals surface area (Å²) in [5.74, 6) is -0.755. The summed E-state index contributed by atoms with van der Waals surface area (Å²) in [7, 11) is 0. The fourth-order valence-electron chi connectivity index (χ4n) is 4.00. The van der Waals surface area contributed by atoms with Gasteiger partial charge in [-0.25, -0.2) is 4.98 Å². The molecule has 0 aliphatic carbocycles. The van der Waals surface area contributed by atoms with Crippen molar-refractivity contribution in [2.24, 2.45) is 0 Å². The maximum Gasteiger partial charge on any atom is 0.300 e. The SMILES string of the molecule is CC(=O)O.CC(=O)O.N#Cc1cccc(-c2nccn2[C@@H]2C[C@H]3CO[C@@H](CCO)CN3C2)c1. The number of hydrogen-bond donors (Lipinski definition) is 3. The Hall–Kier alpha value is -3.26. The summed E-state index contributed by atoms with van der Waals surface area (Å²) in [6, 6.07) is 10.6. The van der Waals surface area contributed by atoms with E-state index in [2.05, 4.69) is 20.5 Å². The quantitative estimate of drug-likeness (QED) is 0.625. The molecule has 2 aliphatic heterocycles. The zero-order chi connectivity index (χ0) is 24.4. The Morgan fingerprint density at radius 2 is 1.91 bits per heavy atom. The highest BCUT2D eigenvalue weighted by atomic mass is 16.5. The third-order valence-corrected chi connectivity index (χ3v) is 5.23. The van der Waals surface area contributed by atoms with Crippen LogP contribution in [0.5, 0.6) is 0 Å². The lowest BCUT2D eigenvalue weighted by Crippen LogP contribution is -2.46. The fraction of sp³-hybridized carbons (Fsp3) is 0.478. The van der Waals surface area contributed by atoms with Gasteiger partial charge in [0.2, 0.25) is 0 Å². The number of aliphatic hydroxyl groups is 1. The van der Waals surface area contributed by atoms with Crippen LogP contribution in [0.4, 0.5) is 0 Å². The van der Waals surface area contributed by atoms with E-state index < -0.39 is 11.9 Å². The van der Waals surface area contributed by atoms with Crippen LogP contribution < -0.4 is 0 Å². The van der Waals surface area contributed by atoms with Crippen molar-refractivity contribution in [2.45, 2.75) is 44.9 Å². The molecule has 0 radical (unpaired) electrons. The summed E-state index contributed by atoms with van der Waals surface area (Å²) in [4.78, 5) is 25.0. The predicted octanol–water partition coefficient (Wildman–Crippen LogP) is 2.00. The number of hydrogen-bond acceptors (Lipinski definition) is 7. The number of aliphatic hydroxyl groups excluding tert-OH is 1. The lowest BCUT2D eigenvalue weighted by Gasteiger charge is -2.34. The van der Waals surface area contributed by atoms with Crippen molar-refractivity contribution < 1.29 is 29.6 Å². The molecule has 0 unspecified atom stereocenters. The Kier molecular flexibility index (Phi) is 10.00. The summed E-state index contributed by atoms with van der Waals surface area (Å²) < 4.78 is 8.11. The summed E-state index contributed by atoms with van der Waals surface area (Å²) in [6.45, 7) is 4.93. The van der Waals surface area contributed by atoms with E-state index in [1.807, 2.05) is 36.7 Å². The molecule has 3 atom stereocenters. The van der Waals surface area contributed by atoms with Crippen LogP contribution in [-0.4, -0.2) is 80.2 Å². The Balaban J connectivity index is 0.000000420. The number of morpholine rings is 1. The molecule has 0 spiro atoms. The second kappa shape index (κ2) is 12.7. The topological polar surface area (TPSA) is 149 Å². The van der Waals surface area contributed by atoms with E-state index in [1.54, 1.807) is 0 Å². The maximum atomic E-state index is 9.13. The number of carbonyl (C=O) groups is 2. The Bertz CT molecular complexity index is 950. The van der Waals surface area contributed by atoms with E-state index in [0.29, 0.717) is 24.1 Å². The molecular formula is C23H30N4O6. The first-order chi connectivity index (χ1) is 15.7. The molecule has 2 saturated heterocycles. The van der Waals surface area contributed by atoms with Crippen molar-refractivity contribution in [3.05, 3.63) is 42.2 Å². The van der Waals surface area contributed by atoms with Crippen LogP contribution in [0.2, 0.25) is 0 Å². The number of carboxylic acids is 2. The highest BCUT2D eigenvalue weighted by molar-refractivity contribution is 5.63. The van der Waals surface area contributed by atoms with Crippen molar-refractivity contribution >= 4 is 11.9 Å². The van der Waals surface area contributed by atoms with E-state index in [-0.39, 0.29) is 12.7 Å². The number of nitriles is 1. The van der Waals surface area contributed by atoms with Crippen LogP contribution >= 0.6 is 0 Å². The Labute approximate surface area is 192 Å². The van der Waals surface area contributed by atoms with Crippen molar-refractivity contribution in [3.63, 3.8) is 0 Å². The number of rotatable bonds is 4. The predicted molar refractivity (Wildman–Crippen MR) is 119 cm³/mol. The lowest BCUT2D eigenvalue weighted by atomic mass is 10.1. The average molecular weight is 459 g/mol. The first-order valence-corrected chi connectivity index (χ1v) is 10.6. The second-order valence-corrected chi connectivity index (χ2v) is 7.85. The first kappa shape index (κ1) is 26.0. The van der Waals surface area contributed by atoms with Gasteiger partial charge in [0.05, 0.1) is 24.3 Å². The molecule has 3 heterocycles. The van der Waals surface area contributed by atoms with Crippen LogP contribution in [-0.2, 0) is 14.3 Å². The molecule has 10 heteroatoms. The van der Waals surface area contributed by atoms with Crippen LogP contribution in [0.15, 0.2) is 36.7 Å². The van der Waals surface area contributed by atoms with E-state index in [9.17, 15) is 0 Å². The molecule has 178 valence electrons. The van der Waals surface area contributed by atoms with Gasteiger partial charge in [-0.15, -0.1) is 0 Å². The van der Waals surface area contributed by atoms with Crippen molar-refractivity contribution in [1.82, 2.24) is 14.5 Å². The maximum absolute atomic E-state index is 9.13. The van der Waals surface area contributed by atoms with Gasteiger partial charge < -0.3 is 24.6 Å². The largest absolute Gasteiger partial charge is 0.481 e. The van der Waals surface area contributed by atoms with Gasteiger partial charge in [0.15, 0.2) is 0 Å². The van der Waals surface area contributed by atoms with Gasteiger partial charge in [-0.05, 0) is 25.0 Å². The third-order valence-electron chi connectivity index (χ3n) is 5.23. The molecule has 2 aliphatic rings. The van der Waals surface area contributed by atoms with Crippen molar-refractivity contribution in [2.75, 3.05) is 26.3 Å². The number of imidazole rings is 1. The van der Waals surface area contributed by atoms with Gasteiger partial charge in [-0.1, -0.05) is 12.1 Å². The molecule has 4 rings (SSSR count). The first-order valence-electron chi connectivity index (χ1n) is 10.6. The average Bonchev–Trinajstić information content (AvgIpc) is 3.40. The molecule has 0 saturated carbocycles. The summed E-state index contributed by atoms with van der Waals surface area (Å²) in [5, 5.41) is 33.1. The van der Waals surface area contributed by atoms with Gasteiger partial charge in [0, 0.05) is 63.6 Å². The molecule has 0 amide bonds. The van der Waals surface area contributed by atoms with Gasteiger partial charge in [0.25, 0.3) is 11.9 Å². The van der Waals surface area contributed by atoms with Crippen LogP contribution in [0, 0.1) is 11.3 Å². The standard InChI is InChI=1S/C19H22N4O2.2C2H4O2/c20-10-14-2-1-3-15(8-14)19-21-5-6-23(19)16-9-17-13-25-18(4-7-24)12-22(17)11-16;2*1-2(3)4/h1-3,5-6,8,16-18,24H,4,7,9,11-13H2;2*1H3,(H,3,4)/t16-,17+,18+;;/m1../s1. The molecule has 2 fully saturated rings. The molecule has 10 nitrogen and oxygen atoms in total. The molecule has 2 aromatic rings. The number of ether oxygens (including phenoxy) is 1. The molecule has 33 heavy (non-hydrogen) atoms. The van der Waals surface area contributed by atoms with E-state index >= 15 is 0 Å². The zero-order valence-electron chi connectivity index (χ0n) is 18.8. The minimum Gasteiger partial charge on any atom is -0.481 e. The van der Waals surface area contributed by atoms with Crippen molar-refractivity contribution in [3.8, 4) is 17.5 Å². The van der Waals surface area contributed by atoms with Gasteiger partial charge in [-0.3, -0.25) is 14.5 Å². The molecule has 1 aromatic heterocycles. The highest BCUT2D eigenvalue weighted by Gasteiger charge is 2.38. The Morgan fingerprint density at radius 3 is 2.55 bits per heavy atom. The van der Waals surface area contributed by atoms with Gasteiger partial charge in [-0.2, -0.15) is 5.26 Å². The smallest absolute Gasteiger partial charge is 0.300 e. The summed E-state index contributed by atoms with van der Waals surface area (Å²) in [5.41, 5.74) is 1.62. The number of fused-ring (bicyclic) bond motifs is 1. The highest BCUT2D eigenvalue weighted by Crippen LogP contribution is 2.33. The number of nitrogens with zero attached hydrogens (tertiary/aromatic N) is 4. The molecular weight excluding hydrogens is 428 g/mol. The second-order valence-electron chi connectivity index (χ2n) is 7.85. The molecule has 0 bridgehead atoms. The van der Waals surface area contributed by atoms with E-state index in [1.165, 1.54) is 0 Å². The summed E-state index contributed by atoms with van der Waals surface area (Å²) >= 11 is 0. The van der Waals surface area contributed by atoms with Gasteiger partial charge >= 0.3 is 0 Å². The number of aromatic nitrogens is 2. The Morgan fingerprint density at radius 1 is 1.21 bits per heavy atom. The van der Waals surface area contributed by atoms with E-state index in [4.69, 9.17) is 34.9 Å². The third kappa shape index (κ3) is 7.98. The van der Waals surface area contributed by atoms with E-state index in [0.717, 1.165) is 51.4 Å². The fourth-order valence-corrected chi connectivity index (χ4v) is 4.00. The van der Waals surface area contributed by atoms with Crippen LogP contribution in [0.3, 0.4) is 0 Å². The van der Waals surface area contributed by atoms with Crippen LogP contribution in [0.1, 0.15) is 38.3 Å². The molecule has 3 N–H and O–H groups in total.